The topological polar surface area (TPSA) is 4.93 Å². The van der Waals surface area contributed by atoms with E-state index in [2.05, 4.69) is 73.5 Å². The van der Waals surface area contributed by atoms with Crippen molar-refractivity contribution < 1.29 is 0 Å². The number of hydrogen-bond acceptors (Lipinski definition) is 0. The van der Waals surface area contributed by atoms with Crippen LogP contribution in [-0.2, 0) is 5.54 Å². The molecular weight excluding hydrogens is 218 g/mol. The van der Waals surface area contributed by atoms with Gasteiger partial charge < -0.3 is 4.57 Å². The predicted octanol–water partition coefficient (Wildman–Crippen LogP) is 4.72. The van der Waals surface area contributed by atoms with Crippen molar-refractivity contribution in [3.05, 3.63) is 61.2 Å². The summed E-state index contributed by atoms with van der Waals surface area (Å²) in [4.78, 5) is 0. The van der Waals surface area contributed by atoms with Gasteiger partial charge in [-0.2, -0.15) is 0 Å². The van der Waals surface area contributed by atoms with Crippen LogP contribution in [0.1, 0.15) is 13.8 Å². The average Bonchev–Trinajstić information content (AvgIpc) is 2.74. The van der Waals surface area contributed by atoms with Gasteiger partial charge >= 0.3 is 0 Å². The minimum atomic E-state index is -0.0945. The number of aromatic nitrogens is 1. The molecule has 1 heteroatoms. The second-order valence-electron chi connectivity index (χ2n) is 5.23. The summed E-state index contributed by atoms with van der Waals surface area (Å²) >= 11 is 0. The third-order valence-electron chi connectivity index (χ3n) is 3.66. The molecule has 0 fully saturated rings. The first-order chi connectivity index (χ1) is 8.65. The summed E-state index contributed by atoms with van der Waals surface area (Å²) in [6.07, 6.45) is 2.01. The van der Waals surface area contributed by atoms with Crippen LogP contribution in [0.25, 0.3) is 21.8 Å². The van der Waals surface area contributed by atoms with E-state index < -0.39 is 0 Å². The second-order valence-corrected chi connectivity index (χ2v) is 5.23. The summed E-state index contributed by atoms with van der Waals surface area (Å²) in [6, 6.07) is 17.1. The summed E-state index contributed by atoms with van der Waals surface area (Å²) in [5.74, 6) is 0. The van der Waals surface area contributed by atoms with Gasteiger partial charge in [0, 0.05) is 21.8 Å². The fourth-order valence-electron chi connectivity index (χ4n) is 2.63. The first kappa shape index (κ1) is 11.1. The van der Waals surface area contributed by atoms with Gasteiger partial charge in [-0.15, -0.1) is 6.58 Å². The van der Waals surface area contributed by atoms with Crippen molar-refractivity contribution in [1.82, 2.24) is 4.57 Å². The molecule has 0 aliphatic carbocycles. The average molecular weight is 235 g/mol. The van der Waals surface area contributed by atoms with Gasteiger partial charge in [0.05, 0.1) is 5.54 Å². The lowest BCUT2D eigenvalue weighted by Gasteiger charge is -2.25. The Bertz CT molecular complexity index is 678. The number of hydrogen-bond donors (Lipinski definition) is 0. The van der Waals surface area contributed by atoms with Gasteiger partial charge in [0.1, 0.15) is 0 Å². The van der Waals surface area contributed by atoms with Crippen molar-refractivity contribution >= 4 is 21.8 Å². The third kappa shape index (κ3) is 1.40. The van der Waals surface area contributed by atoms with Crippen LogP contribution < -0.4 is 0 Å². The molecule has 0 amide bonds. The van der Waals surface area contributed by atoms with Crippen LogP contribution in [0.3, 0.4) is 0 Å². The minimum absolute atomic E-state index is 0.0945. The minimum Gasteiger partial charge on any atom is -0.331 e. The standard InChI is InChI=1S/C17H17N/c1-4-17(2,3)18-15-11-7-5-9-13(15)14-10-6-8-12-16(14)18/h4-12H,1H2,2-3H3. The number of fused-ring (bicyclic) bond motifs is 3. The van der Waals surface area contributed by atoms with Crippen LogP contribution in [-0.4, -0.2) is 4.57 Å². The van der Waals surface area contributed by atoms with Gasteiger partial charge in [0.2, 0.25) is 0 Å². The Balaban J connectivity index is 2.57. The number of rotatable bonds is 2. The highest BCUT2D eigenvalue weighted by Crippen LogP contribution is 2.34. The smallest absolute Gasteiger partial charge is 0.0575 e. The van der Waals surface area contributed by atoms with E-state index in [9.17, 15) is 0 Å². The van der Waals surface area contributed by atoms with E-state index in [4.69, 9.17) is 0 Å². The van der Waals surface area contributed by atoms with E-state index in [-0.39, 0.29) is 5.54 Å². The monoisotopic (exact) mass is 235 g/mol. The Morgan fingerprint density at radius 3 is 1.78 bits per heavy atom. The zero-order chi connectivity index (χ0) is 12.8. The second kappa shape index (κ2) is 3.74. The van der Waals surface area contributed by atoms with Gasteiger partial charge in [0.25, 0.3) is 0 Å². The van der Waals surface area contributed by atoms with Crippen molar-refractivity contribution in [3.63, 3.8) is 0 Å². The molecule has 1 heterocycles. The van der Waals surface area contributed by atoms with Gasteiger partial charge in [-0.3, -0.25) is 0 Å². The summed E-state index contributed by atoms with van der Waals surface area (Å²) in [6.45, 7) is 8.37. The molecule has 0 saturated carbocycles. The van der Waals surface area contributed by atoms with Crippen molar-refractivity contribution in [2.45, 2.75) is 19.4 Å². The highest BCUT2D eigenvalue weighted by molar-refractivity contribution is 6.08. The van der Waals surface area contributed by atoms with Gasteiger partial charge in [-0.05, 0) is 26.0 Å². The van der Waals surface area contributed by atoms with Crippen molar-refractivity contribution in [2.75, 3.05) is 0 Å². The van der Waals surface area contributed by atoms with Crippen LogP contribution in [0.2, 0.25) is 0 Å². The SMILES string of the molecule is C=CC(C)(C)n1c2ccccc2c2ccccc21. The van der Waals surface area contributed by atoms with Crippen LogP contribution in [0.5, 0.6) is 0 Å². The Morgan fingerprint density at radius 1 is 0.889 bits per heavy atom. The number of nitrogens with zero attached hydrogens (tertiary/aromatic N) is 1. The normalized spacial score (nSPS) is 12.1. The number of benzene rings is 2. The molecule has 2 aromatic carbocycles. The van der Waals surface area contributed by atoms with E-state index >= 15 is 0 Å². The summed E-state index contributed by atoms with van der Waals surface area (Å²) in [5, 5.41) is 2.62. The maximum absolute atomic E-state index is 3.98. The molecule has 0 unspecified atom stereocenters. The van der Waals surface area contributed by atoms with Crippen molar-refractivity contribution in [2.24, 2.45) is 0 Å². The zero-order valence-electron chi connectivity index (χ0n) is 10.9. The maximum Gasteiger partial charge on any atom is 0.0575 e. The van der Waals surface area contributed by atoms with Crippen LogP contribution in [0, 0.1) is 0 Å². The molecule has 3 rings (SSSR count). The zero-order valence-corrected chi connectivity index (χ0v) is 10.9. The molecule has 0 aliphatic rings. The maximum atomic E-state index is 3.98. The lowest BCUT2D eigenvalue weighted by atomic mass is 10.1. The Hall–Kier alpha value is -2.02. The molecule has 18 heavy (non-hydrogen) atoms. The fourth-order valence-corrected chi connectivity index (χ4v) is 2.63. The largest absolute Gasteiger partial charge is 0.331 e. The highest BCUT2D eigenvalue weighted by Gasteiger charge is 2.21. The first-order valence-electron chi connectivity index (χ1n) is 6.27. The molecule has 0 N–H and O–H groups in total. The number of allylic oxidation sites excluding steroid dienone is 1. The predicted molar refractivity (Wildman–Crippen MR) is 79.0 cm³/mol. The molecule has 3 aromatic rings. The van der Waals surface area contributed by atoms with Crippen LogP contribution >= 0.6 is 0 Å². The molecule has 0 spiro atoms. The molecule has 0 aliphatic heterocycles. The molecule has 1 aromatic heterocycles. The Kier molecular flexibility index (Phi) is 2.30. The summed E-state index contributed by atoms with van der Waals surface area (Å²) in [7, 11) is 0. The molecule has 1 nitrogen and oxygen atoms in total. The molecule has 0 saturated heterocycles. The van der Waals surface area contributed by atoms with E-state index in [0.717, 1.165) is 0 Å². The molecule has 0 bridgehead atoms. The van der Waals surface area contributed by atoms with Crippen LogP contribution in [0.4, 0.5) is 0 Å². The lowest BCUT2D eigenvalue weighted by molar-refractivity contribution is 0.486. The first-order valence-corrected chi connectivity index (χ1v) is 6.27. The Morgan fingerprint density at radius 2 is 1.33 bits per heavy atom. The quantitative estimate of drug-likeness (QED) is 0.567. The Labute approximate surface area is 107 Å². The molecule has 0 atom stereocenters. The lowest BCUT2D eigenvalue weighted by Crippen LogP contribution is -2.22. The number of para-hydroxylation sites is 2. The van der Waals surface area contributed by atoms with Crippen molar-refractivity contribution in [1.29, 1.82) is 0 Å². The van der Waals surface area contributed by atoms with E-state index in [1.807, 2.05) is 6.08 Å². The fraction of sp³-hybridized carbons (Fsp3) is 0.176. The molecular formula is C17H17N. The highest BCUT2D eigenvalue weighted by atomic mass is 15.0. The molecule has 90 valence electrons. The van der Waals surface area contributed by atoms with Gasteiger partial charge in [-0.1, -0.05) is 42.5 Å². The third-order valence-corrected chi connectivity index (χ3v) is 3.66. The van der Waals surface area contributed by atoms with E-state index in [0.29, 0.717) is 0 Å². The van der Waals surface area contributed by atoms with E-state index in [1.54, 1.807) is 0 Å². The molecule has 0 radical (unpaired) electrons. The van der Waals surface area contributed by atoms with Crippen molar-refractivity contribution in [3.8, 4) is 0 Å². The van der Waals surface area contributed by atoms with E-state index in [1.165, 1.54) is 21.8 Å². The summed E-state index contributed by atoms with van der Waals surface area (Å²) in [5.41, 5.74) is 2.44. The van der Waals surface area contributed by atoms with Crippen LogP contribution in [0.15, 0.2) is 61.2 Å². The van der Waals surface area contributed by atoms with Gasteiger partial charge in [-0.25, -0.2) is 0 Å². The van der Waals surface area contributed by atoms with Gasteiger partial charge in [0.15, 0.2) is 0 Å². The summed E-state index contributed by atoms with van der Waals surface area (Å²) < 4.78 is 2.37.